The molecule has 0 spiro atoms. The molecule has 22 heavy (non-hydrogen) atoms. The third-order valence-corrected chi connectivity index (χ3v) is 6.04. The van der Waals surface area contributed by atoms with E-state index in [0.717, 1.165) is 6.42 Å². The fraction of sp³-hybridized carbons (Fsp3) is 0.562. The van der Waals surface area contributed by atoms with Crippen LogP contribution >= 0.6 is 11.8 Å². The molecule has 1 heterocycles. The number of nitro benzene ring substituents is 1. The van der Waals surface area contributed by atoms with Gasteiger partial charge in [-0.25, -0.2) is 0 Å². The summed E-state index contributed by atoms with van der Waals surface area (Å²) >= 11 is 1.82. The van der Waals surface area contributed by atoms with Crippen molar-refractivity contribution in [3.05, 3.63) is 34.4 Å². The maximum atomic E-state index is 12.6. The highest BCUT2D eigenvalue weighted by Crippen LogP contribution is 2.36. The van der Waals surface area contributed by atoms with E-state index >= 15 is 0 Å². The molecule has 1 unspecified atom stereocenters. The molecule has 5 nitrogen and oxygen atoms in total. The van der Waals surface area contributed by atoms with Crippen molar-refractivity contribution in [3.63, 3.8) is 0 Å². The number of nitro groups is 1. The van der Waals surface area contributed by atoms with Crippen LogP contribution in [0.4, 0.5) is 11.4 Å². The Hall–Kier alpha value is -1.56. The molecule has 1 aliphatic heterocycles. The van der Waals surface area contributed by atoms with Gasteiger partial charge in [-0.2, -0.15) is 0 Å². The number of thioether (sulfide) groups is 1. The molecule has 1 aliphatic carbocycles. The lowest BCUT2D eigenvalue weighted by atomic mass is 10.0. The Morgan fingerprint density at radius 2 is 1.95 bits per heavy atom. The van der Waals surface area contributed by atoms with E-state index in [2.05, 4.69) is 0 Å². The van der Waals surface area contributed by atoms with E-state index in [4.69, 9.17) is 0 Å². The zero-order valence-electron chi connectivity index (χ0n) is 12.4. The number of amides is 1. The first kappa shape index (κ1) is 15.3. The van der Waals surface area contributed by atoms with Gasteiger partial charge in [0.1, 0.15) is 0 Å². The normalized spacial score (nSPS) is 23.0. The van der Waals surface area contributed by atoms with Crippen LogP contribution in [0.15, 0.2) is 24.3 Å². The van der Waals surface area contributed by atoms with Crippen LogP contribution < -0.4 is 4.90 Å². The largest absolute Gasteiger partial charge is 0.311 e. The van der Waals surface area contributed by atoms with Crippen molar-refractivity contribution in [2.75, 3.05) is 11.4 Å². The van der Waals surface area contributed by atoms with Gasteiger partial charge < -0.3 is 4.90 Å². The summed E-state index contributed by atoms with van der Waals surface area (Å²) in [6.07, 6.45) is 7.12. The topological polar surface area (TPSA) is 63.5 Å². The van der Waals surface area contributed by atoms with Crippen molar-refractivity contribution in [1.29, 1.82) is 0 Å². The molecule has 0 radical (unpaired) electrons. The van der Waals surface area contributed by atoms with Crippen LogP contribution in [0.2, 0.25) is 0 Å². The zero-order chi connectivity index (χ0) is 15.5. The van der Waals surface area contributed by atoms with Crippen molar-refractivity contribution in [2.24, 2.45) is 0 Å². The number of carbonyl (C=O) groups excluding carboxylic acids is 1. The highest BCUT2D eigenvalue weighted by Gasteiger charge is 2.35. The molecule has 1 saturated heterocycles. The third-order valence-electron chi connectivity index (χ3n) is 4.42. The molecule has 2 fully saturated rings. The first-order valence-electron chi connectivity index (χ1n) is 7.86. The SMILES string of the molecule is O=C1C(SC2CCCCC2)CCN1c1cccc([N+](=O)[O-])c1. The first-order chi connectivity index (χ1) is 10.6. The Balaban J connectivity index is 1.67. The number of hydrogen-bond acceptors (Lipinski definition) is 4. The lowest BCUT2D eigenvalue weighted by Gasteiger charge is -2.23. The van der Waals surface area contributed by atoms with Gasteiger partial charge in [0, 0.05) is 23.9 Å². The number of carbonyl (C=O) groups is 1. The number of anilines is 1. The molecule has 118 valence electrons. The van der Waals surface area contributed by atoms with E-state index in [9.17, 15) is 14.9 Å². The van der Waals surface area contributed by atoms with Crippen LogP contribution in [-0.4, -0.2) is 27.9 Å². The minimum Gasteiger partial charge on any atom is -0.311 e. The van der Waals surface area contributed by atoms with Gasteiger partial charge >= 0.3 is 0 Å². The summed E-state index contributed by atoms with van der Waals surface area (Å²) in [5.74, 6) is 0.107. The Morgan fingerprint density at radius 3 is 2.68 bits per heavy atom. The summed E-state index contributed by atoms with van der Waals surface area (Å²) in [4.78, 5) is 24.8. The van der Waals surface area contributed by atoms with Gasteiger partial charge in [-0.3, -0.25) is 14.9 Å². The van der Waals surface area contributed by atoms with Gasteiger partial charge in [0.25, 0.3) is 5.69 Å². The molecular weight excluding hydrogens is 300 g/mol. The van der Waals surface area contributed by atoms with Gasteiger partial charge in [-0.15, -0.1) is 11.8 Å². The van der Waals surface area contributed by atoms with Gasteiger partial charge in [0.2, 0.25) is 5.91 Å². The number of nitrogens with zero attached hydrogens (tertiary/aromatic N) is 2. The Labute approximate surface area is 134 Å². The van der Waals surface area contributed by atoms with E-state index < -0.39 is 4.92 Å². The molecule has 1 atom stereocenters. The molecule has 6 heteroatoms. The van der Waals surface area contributed by atoms with Crippen LogP contribution in [0.1, 0.15) is 38.5 Å². The van der Waals surface area contributed by atoms with Crippen molar-refractivity contribution in [3.8, 4) is 0 Å². The number of rotatable bonds is 4. The molecule has 2 aliphatic rings. The maximum Gasteiger partial charge on any atom is 0.271 e. The second-order valence-corrected chi connectivity index (χ2v) is 7.45. The molecule has 1 aromatic carbocycles. The van der Waals surface area contributed by atoms with E-state index in [1.807, 2.05) is 11.8 Å². The minimum absolute atomic E-state index is 0.0161. The van der Waals surface area contributed by atoms with Crippen LogP contribution in [-0.2, 0) is 4.79 Å². The van der Waals surface area contributed by atoms with E-state index in [-0.39, 0.29) is 16.8 Å². The predicted molar refractivity (Wildman–Crippen MR) is 88.3 cm³/mol. The molecule has 0 bridgehead atoms. The average Bonchev–Trinajstić information content (AvgIpc) is 2.89. The summed E-state index contributed by atoms with van der Waals surface area (Å²) < 4.78 is 0. The lowest BCUT2D eigenvalue weighted by Crippen LogP contribution is -2.29. The van der Waals surface area contributed by atoms with Crippen LogP contribution in [0.25, 0.3) is 0 Å². The van der Waals surface area contributed by atoms with E-state index in [1.54, 1.807) is 17.0 Å². The fourth-order valence-electron chi connectivity index (χ4n) is 3.24. The lowest BCUT2D eigenvalue weighted by molar-refractivity contribution is -0.384. The first-order valence-corrected chi connectivity index (χ1v) is 8.81. The summed E-state index contributed by atoms with van der Waals surface area (Å²) in [6, 6.07) is 6.37. The third kappa shape index (κ3) is 3.27. The summed E-state index contributed by atoms with van der Waals surface area (Å²) in [5.41, 5.74) is 0.680. The second-order valence-electron chi connectivity index (χ2n) is 5.94. The van der Waals surface area contributed by atoms with Crippen LogP contribution in [0.3, 0.4) is 0 Å². The highest BCUT2D eigenvalue weighted by molar-refractivity contribution is 8.01. The van der Waals surface area contributed by atoms with E-state index in [0.29, 0.717) is 17.5 Å². The van der Waals surface area contributed by atoms with Gasteiger partial charge in [-0.05, 0) is 25.3 Å². The molecular formula is C16H20N2O3S. The quantitative estimate of drug-likeness (QED) is 0.626. The van der Waals surface area contributed by atoms with Crippen LogP contribution in [0.5, 0.6) is 0 Å². The molecule has 1 saturated carbocycles. The summed E-state index contributed by atoms with van der Waals surface area (Å²) in [7, 11) is 0. The Kier molecular flexibility index (Phi) is 4.66. The summed E-state index contributed by atoms with van der Waals surface area (Å²) in [6.45, 7) is 0.657. The van der Waals surface area contributed by atoms with Gasteiger partial charge in [-0.1, -0.05) is 25.3 Å². The van der Waals surface area contributed by atoms with Crippen LogP contribution in [0, 0.1) is 10.1 Å². The monoisotopic (exact) mass is 320 g/mol. The number of hydrogen-bond donors (Lipinski definition) is 0. The highest BCUT2D eigenvalue weighted by atomic mass is 32.2. The molecule has 0 aromatic heterocycles. The Bertz CT molecular complexity index is 572. The standard InChI is InChI=1S/C16H20N2O3S/c19-16-15(22-14-7-2-1-3-8-14)9-10-17(16)12-5-4-6-13(11-12)18(20)21/h4-6,11,14-15H,1-3,7-10H2. The van der Waals surface area contributed by atoms with E-state index in [1.165, 1.54) is 44.2 Å². The molecule has 1 aromatic rings. The molecule has 3 rings (SSSR count). The Morgan fingerprint density at radius 1 is 1.18 bits per heavy atom. The van der Waals surface area contributed by atoms with Crippen molar-refractivity contribution >= 4 is 29.0 Å². The minimum atomic E-state index is -0.418. The number of non-ortho nitro benzene ring substituents is 1. The average molecular weight is 320 g/mol. The summed E-state index contributed by atoms with van der Waals surface area (Å²) in [5, 5.41) is 11.5. The number of benzene rings is 1. The van der Waals surface area contributed by atoms with Crippen molar-refractivity contribution in [2.45, 2.75) is 49.0 Å². The smallest absolute Gasteiger partial charge is 0.271 e. The van der Waals surface area contributed by atoms with Gasteiger partial charge in [0.15, 0.2) is 0 Å². The zero-order valence-corrected chi connectivity index (χ0v) is 13.3. The predicted octanol–water partition coefficient (Wildman–Crippen LogP) is 3.77. The fourth-order valence-corrected chi connectivity index (χ4v) is 4.80. The van der Waals surface area contributed by atoms with Gasteiger partial charge in [0.05, 0.1) is 15.9 Å². The molecule has 0 N–H and O–H groups in total. The van der Waals surface area contributed by atoms with Crippen molar-refractivity contribution < 1.29 is 9.72 Å². The maximum absolute atomic E-state index is 12.6. The van der Waals surface area contributed by atoms with Crippen molar-refractivity contribution in [1.82, 2.24) is 0 Å². The molecule has 1 amide bonds. The second kappa shape index (κ2) is 6.69.